The number of rotatable bonds is 7. The van der Waals surface area contributed by atoms with Gasteiger partial charge in [0.15, 0.2) is 0 Å². The van der Waals surface area contributed by atoms with Crippen LogP contribution < -0.4 is 5.32 Å². The molecule has 1 N–H and O–H groups in total. The zero-order chi connectivity index (χ0) is 12.7. The van der Waals surface area contributed by atoms with Crippen LogP contribution in [0.2, 0.25) is 0 Å². The Morgan fingerprint density at radius 1 is 1.50 bits per heavy atom. The summed E-state index contributed by atoms with van der Waals surface area (Å²) in [5.74, 6) is 0.839. The minimum atomic E-state index is 0. The number of carbonyl (C=O) groups is 1. The molecule has 0 aromatic carbocycles. The molecule has 108 valence electrons. The average molecular weight is 279 g/mol. The van der Waals surface area contributed by atoms with Crippen molar-refractivity contribution in [2.24, 2.45) is 5.92 Å². The van der Waals surface area contributed by atoms with Crippen LogP contribution in [-0.4, -0.2) is 50.2 Å². The number of nitrogens with zero attached hydrogens (tertiary/aromatic N) is 1. The summed E-state index contributed by atoms with van der Waals surface area (Å²) in [4.78, 5) is 13.8. The van der Waals surface area contributed by atoms with Crippen LogP contribution in [0.5, 0.6) is 0 Å². The van der Waals surface area contributed by atoms with Crippen LogP contribution in [0, 0.1) is 5.92 Å². The maximum atomic E-state index is 11.8. The van der Waals surface area contributed by atoms with Crippen molar-refractivity contribution in [3.8, 4) is 0 Å². The van der Waals surface area contributed by atoms with Gasteiger partial charge in [-0.25, -0.2) is 0 Å². The largest absolute Gasteiger partial charge is 0.376 e. The van der Waals surface area contributed by atoms with Gasteiger partial charge in [-0.15, -0.1) is 12.4 Å². The molecule has 0 aromatic heterocycles. The number of likely N-dealkylation sites (tertiary alicyclic amines) is 1. The van der Waals surface area contributed by atoms with Gasteiger partial charge in [0.1, 0.15) is 0 Å². The van der Waals surface area contributed by atoms with Gasteiger partial charge in [-0.05, 0) is 32.4 Å². The molecular formula is C13H27ClN2O2. The fraction of sp³-hybridized carbons (Fsp3) is 0.923. The quantitative estimate of drug-likeness (QED) is 0.721. The fourth-order valence-corrected chi connectivity index (χ4v) is 1.99. The van der Waals surface area contributed by atoms with Crippen LogP contribution in [0.4, 0.5) is 0 Å². The van der Waals surface area contributed by atoms with E-state index in [-0.39, 0.29) is 24.4 Å². The van der Waals surface area contributed by atoms with Crippen LogP contribution >= 0.6 is 12.4 Å². The van der Waals surface area contributed by atoms with Gasteiger partial charge in [-0.3, -0.25) is 4.79 Å². The van der Waals surface area contributed by atoms with Gasteiger partial charge < -0.3 is 15.0 Å². The molecule has 1 atom stereocenters. The molecule has 1 aliphatic rings. The molecule has 18 heavy (non-hydrogen) atoms. The standard InChI is InChI=1S/C13H26N2O2.ClH/c1-11(2)10-17-12-6-8-15(9-12)13(16)5-4-7-14-3;/h11-12,14H,4-10H2,1-3H3;1H. The molecule has 1 unspecified atom stereocenters. The van der Waals surface area contributed by atoms with Crippen molar-refractivity contribution in [2.45, 2.75) is 39.2 Å². The molecule has 1 heterocycles. The van der Waals surface area contributed by atoms with Gasteiger partial charge in [-0.1, -0.05) is 13.8 Å². The summed E-state index contributed by atoms with van der Waals surface area (Å²) in [6.07, 6.45) is 2.82. The lowest BCUT2D eigenvalue weighted by Gasteiger charge is -2.17. The molecule has 1 fully saturated rings. The van der Waals surface area contributed by atoms with Crippen molar-refractivity contribution in [2.75, 3.05) is 33.3 Å². The number of carbonyl (C=O) groups excluding carboxylic acids is 1. The molecular weight excluding hydrogens is 252 g/mol. The highest BCUT2D eigenvalue weighted by atomic mass is 35.5. The molecule has 4 nitrogen and oxygen atoms in total. The van der Waals surface area contributed by atoms with Crippen LogP contribution in [-0.2, 0) is 9.53 Å². The monoisotopic (exact) mass is 278 g/mol. The number of hydrogen-bond acceptors (Lipinski definition) is 3. The molecule has 1 aliphatic heterocycles. The minimum Gasteiger partial charge on any atom is -0.376 e. The topological polar surface area (TPSA) is 41.6 Å². The van der Waals surface area contributed by atoms with Crippen molar-refractivity contribution in [3.05, 3.63) is 0 Å². The maximum absolute atomic E-state index is 11.8. The highest BCUT2D eigenvalue weighted by Crippen LogP contribution is 2.15. The van der Waals surface area contributed by atoms with Crippen LogP contribution in [0.15, 0.2) is 0 Å². The van der Waals surface area contributed by atoms with Crippen molar-refractivity contribution in [1.82, 2.24) is 10.2 Å². The Hall–Kier alpha value is -0.320. The first-order valence-electron chi connectivity index (χ1n) is 6.67. The second-order valence-corrected chi connectivity index (χ2v) is 5.18. The third kappa shape index (κ3) is 6.57. The summed E-state index contributed by atoms with van der Waals surface area (Å²) in [5.41, 5.74) is 0. The lowest BCUT2D eigenvalue weighted by molar-refractivity contribution is -0.130. The summed E-state index contributed by atoms with van der Waals surface area (Å²) >= 11 is 0. The molecule has 5 heteroatoms. The Morgan fingerprint density at radius 3 is 2.83 bits per heavy atom. The van der Waals surface area contributed by atoms with Gasteiger partial charge >= 0.3 is 0 Å². The molecule has 0 saturated carbocycles. The van der Waals surface area contributed by atoms with E-state index in [2.05, 4.69) is 19.2 Å². The first kappa shape index (κ1) is 17.7. The van der Waals surface area contributed by atoms with Crippen molar-refractivity contribution in [1.29, 1.82) is 0 Å². The number of amides is 1. The highest BCUT2D eigenvalue weighted by molar-refractivity contribution is 5.85. The van der Waals surface area contributed by atoms with E-state index in [1.165, 1.54) is 0 Å². The summed E-state index contributed by atoms with van der Waals surface area (Å²) in [6, 6.07) is 0. The zero-order valence-corrected chi connectivity index (χ0v) is 12.6. The second kappa shape index (κ2) is 9.59. The molecule has 0 aliphatic carbocycles. The van der Waals surface area contributed by atoms with E-state index in [4.69, 9.17) is 4.74 Å². The fourth-order valence-electron chi connectivity index (χ4n) is 1.99. The molecule has 0 radical (unpaired) electrons. The Kier molecular flexibility index (Phi) is 9.42. The van der Waals surface area contributed by atoms with Gasteiger partial charge in [0.2, 0.25) is 5.91 Å². The average Bonchev–Trinajstić information content (AvgIpc) is 2.75. The molecule has 0 aromatic rings. The van der Waals surface area contributed by atoms with Crippen LogP contribution in [0.25, 0.3) is 0 Å². The second-order valence-electron chi connectivity index (χ2n) is 5.18. The van der Waals surface area contributed by atoms with E-state index in [0.29, 0.717) is 12.3 Å². The predicted octanol–water partition coefficient (Wildman–Crippen LogP) is 1.68. The Labute approximate surface area is 117 Å². The van der Waals surface area contributed by atoms with Gasteiger partial charge in [0, 0.05) is 26.1 Å². The summed E-state index contributed by atoms with van der Waals surface area (Å²) in [7, 11) is 1.91. The number of halogens is 1. The molecule has 1 rings (SSSR count). The third-order valence-corrected chi connectivity index (χ3v) is 2.98. The first-order valence-corrected chi connectivity index (χ1v) is 6.67. The van der Waals surface area contributed by atoms with E-state index in [1.807, 2.05) is 11.9 Å². The number of ether oxygens (including phenoxy) is 1. The van der Waals surface area contributed by atoms with Gasteiger partial charge in [0.25, 0.3) is 0 Å². The van der Waals surface area contributed by atoms with E-state index >= 15 is 0 Å². The lowest BCUT2D eigenvalue weighted by Crippen LogP contribution is -2.30. The van der Waals surface area contributed by atoms with Gasteiger partial charge in [-0.2, -0.15) is 0 Å². The summed E-state index contributed by atoms with van der Waals surface area (Å²) < 4.78 is 5.76. The Balaban J connectivity index is 0.00000289. The van der Waals surface area contributed by atoms with E-state index in [0.717, 1.165) is 39.1 Å². The summed E-state index contributed by atoms with van der Waals surface area (Å²) in [5, 5.41) is 3.06. The zero-order valence-electron chi connectivity index (χ0n) is 11.8. The Morgan fingerprint density at radius 2 is 2.22 bits per heavy atom. The molecule has 1 saturated heterocycles. The maximum Gasteiger partial charge on any atom is 0.222 e. The summed E-state index contributed by atoms with van der Waals surface area (Å²) in [6.45, 7) is 7.65. The van der Waals surface area contributed by atoms with Crippen LogP contribution in [0.3, 0.4) is 0 Å². The molecule has 1 amide bonds. The molecule has 0 spiro atoms. The molecule has 0 bridgehead atoms. The van der Waals surface area contributed by atoms with Gasteiger partial charge in [0.05, 0.1) is 6.10 Å². The number of nitrogens with one attached hydrogen (secondary N) is 1. The van der Waals surface area contributed by atoms with Crippen molar-refractivity contribution in [3.63, 3.8) is 0 Å². The predicted molar refractivity (Wildman–Crippen MR) is 76.2 cm³/mol. The lowest BCUT2D eigenvalue weighted by atomic mass is 10.2. The van der Waals surface area contributed by atoms with Crippen LogP contribution in [0.1, 0.15) is 33.1 Å². The Bertz CT molecular complexity index is 237. The van der Waals surface area contributed by atoms with Crippen molar-refractivity contribution >= 4 is 18.3 Å². The van der Waals surface area contributed by atoms with E-state index in [1.54, 1.807) is 0 Å². The normalized spacial score (nSPS) is 19.1. The minimum absolute atomic E-state index is 0. The van der Waals surface area contributed by atoms with E-state index in [9.17, 15) is 4.79 Å². The smallest absolute Gasteiger partial charge is 0.222 e. The van der Waals surface area contributed by atoms with E-state index < -0.39 is 0 Å². The first-order chi connectivity index (χ1) is 8.13. The number of hydrogen-bond donors (Lipinski definition) is 1. The third-order valence-electron chi connectivity index (χ3n) is 2.98. The highest BCUT2D eigenvalue weighted by Gasteiger charge is 2.26. The SMILES string of the molecule is CNCCCC(=O)N1CCC(OCC(C)C)C1.Cl. The van der Waals surface area contributed by atoms with Crippen molar-refractivity contribution < 1.29 is 9.53 Å².